The van der Waals surface area contributed by atoms with Crippen LogP contribution in [0.25, 0.3) is 10.7 Å². The van der Waals surface area contributed by atoms with Gasteiger partial charge in [0.1, 0.15) is 21.5 Å². The van der Waals surface area contributed by atoms with Gasteiger partial charge in [0, 0.05) is 12.3 Å². The molecule has 3 aromatic rings. The third kappa shape index (κ3) is 4.50. The Morgan fingerprint density at radius 2 is 2.04 bits per heavy atom. The summed E-state index contributed by atoms with van der Waals surface area (Å²) in [6.45, 7) is 1.03. The number of aromatic nitrogens is 2. The minimum Gasteiger partial charge on any atom is -0.451 e. The topological polar surface area (TPSA) is 81.2 Å². The zero-order valence-corrected chi connectivity index (χ0v) is 14.8. The number of hydrogen-bond donors (Lipinski definition) is 1. The number of esters is 1. The number of ether oxygens (including phenoxy) is 1. The molecule has 0 aliphatic heterocycles. The number of carbonyl (C=O) groups is 2. The highest BCUT2D eigenvalue weighted by Crippen LogP contribution is 2.26. The van der Waals surface area contributed by atoms with Crippen LogP contribution in [-0.2, 0) is 9.53 Å². The monoisotopic (exact) mass is 389 g/mol. The largest absolute Gasteiger partial charge is 0.451 e. The summed E-state index contributed by atoms with van der Waals surface area (Å²) in [5.41, 5.74) is 0.869. The number of nitrogens with zero attached hydrogens (tertiary/aromatic N) is 2. The summed E-state index contributed by atoms with van der Waals surface area (Å²) in [5, 5.41) is 2.76. The van der Waals surface area contributed by atoms with Crippen LogP contribution < -0.4 is 5.32 Å². The molecule has 0 bridgehead atoms. The van der Waals surface area contributed by atoms with Gasteiger partial charge in [-0.05, 0) is 31.2 Å². The second-order valence-electron chi connectivity index (χ2n) is 5.40. The van der Waals surface area contributed by atoms with Crippen LogP contribution in [0.4, 0.5) is 14.5 Å². The van der Waals surface area contributed by atoms with E-state index in [0.717, 1.165) is 23.5 Å². The van der Waals surface area contributed by atoms with E-state index in [1.807, 2.05) is 0 Å². The van der Waals surface area contributed by atoms with Gasteiger partial charge in [-0.2, -0.15) is 0 Å². The molecule has 0 aliphatic carbocycles. The number of nitrogens with one attached hydrogen (secondary N) is 1. The van der Waals surface area contributed by atoms with Gasteiger partial charge in [-0.25, -0.2) is 18.6 Å². The lowest BCUT2D eigenvalue weighted by Gasteiger charge is -2.07. The van der Waals surface area contributed by atoms with Crippen molar-refractivity contribution >= 4 is 28.9 Å². The minimum absolute atomic E-state index is 0.205. The Morgan fingerprint density at radius 1 is 1.22 bits per heavy atom. The van der Waals surface area contributed by atoms with E-state index in [9.17, 15) is 18.4 Å². The lowest BCUT2D eigenvalue weighted by atomic mass is 10.3. The normalized spacial score (nSPS) is 10.5. The molecule has 0 spiro atoms. The summed E-state index contributed by atoms with van der Waals surface area (Å²) in [6.07, 6.45) is 1.61. The predicted molar refractivity (Wildman–Crippen MR) is 95.4 cm³/mol. The maximum absolute atomic E-state index is 13.5. The first-order valence-corrected chi connectivity index (χ1v) is 8.56. The van der Waals surface area contributed by atoms with Crippen LogP contribution in [0.15, 0.2) is 42.6 Å². The number of anilines is 1. The summed E-state index contributed by atoms with van der Waals surface area (Å²) >= 11 is 1.10. The summed E-state index contributed by atoms with van der Waals surface area (Å²) in [4.78, 5) is 32.7. The molecule has 0 unspecified atom stereocenters. The van der Waals surface area contributed by atoms with Gasteiger partial charge in [-0.3, -0.25) is 9.78 Å². The average molecular weight is 389 g/mol. The second kappa shape index (κ2) is 8.00. The van der Waals surface area contributed by atoms with Gasteiger partial charge in [0.25, 0.3) is 5.91 Å². The van der Waals surface area contributed by atoms with Crippen molar-refractivity contribution in [1.82, 2.24) is 9.97 Å². The van der Waals surface area contributed by atoms with Crippen molar-refractivity contribution in [3.8, 4) is 10.7 Å². The van der Waals surface area contributed by atoms with Crippen LogP contribution in [0, 0.1) is 18.6 Å². The Kier molecular flexibility index (Phi) is 5.51. The predicted octanol–water partition coefficient (Wildman–Crippen LogP) is 3.59. The average Bonchev–Trinajstić information content (AvgIpc) is 3.05. The third-order valence-corrected chi connectivity index (χ3v) is 4.57. The number of hydrogen-bond acceptors (Lipinski definition) is 6. The van der Waals surface area contributed by atoms with E-state index >= 15 is 0 Å². The molecule has 3 rings (SSSR count). The number of pyridine rings is 1. The fraction of sp³-hybridized carbons (Fsp3) is 0.111. The molecule has 2 heterocycles. The van der Waals surface area contributed by atoms with E-state index in [0.29, 0.717) is 22.5 Å². The zero-order valence-electron chi connectivity index (χ0n) is 14.0. The maximum atomic E-state index is 13.5. The highest BCUT2D eigenvalue weighted by molar-refractivity contribution is 7.17. The Balaban J connectivity index is 1.62. The van der Waals surface area contributed by atoms with Crippen molar-refractivity contribution in [2.75, 3.05) is 11.9 Å². The Hall–Kier alpha value is -3.20. The first-order valence-electron chi connectivity index (χ1n) is 7.75. The number of rotatable bonds is 5. The number of thiazole rings is 1. The van der Waals surface area contributed by atoms with Crippen molar-refractivity contribution in [2.24, 2.45) is 0 Å². The molecule has 138 valence electrons. The Bertz CT molecular complexity index is 993. The molecule has 27 heavy (non-hydrogen) atoms. The quantitative estimate of drug-likeness (QED) is 0.675. The van der Waals surface area contributed by atoms with Gasteiger partial charge in [-0.1, -0.05) is 6.07 Å². The van der Waals surface area contributed by atoms with Gasteiger partial charge >= 0.3 is 5.97 Å². The second-order valence-corrected chi connectivity index (χ2v) is 6.40. The van der Waals surface area contributed by atoms with Crippen molar-refractivity contribution < 1.29 is 23.1 Å². The van der Waals surface area contributed by atoms with Crippen molar-refractivity contribution in [1.29, 1.82) is 0 Å². The first-order chi connectivity index (χ1) is 12.9. The van der Waals surface area contributed by atoms with E-state index in [4.69, 9.17) is 4.74 Å². The summed E-state index contributed by atoms with van der Waals surface area (Å²) in [7, 11) is 0. The summed E-state index contributed by atoms with van der Waals surface area (Å²) in [6, 6.07) is 8.05. The highest BCUT2D eigenvalue weighted by Gasteiger charge is 2.19. The van der Waals surface area contributed by atoms with Crippen LogP contribution in [0.3, 0.4) is 0 Å². The molecule has 1 aromatic carbocycles. The fourth-order valence-corrected chi connectivity index (χ4v) is 3.10. The van der Waals surface area contributed by atoms with Gasteiger partial charge in [0.05, 0.1) is 17.1 Å². The molecule has 0 fully saturated rings. The molecule has 9 heteroatoms. The van der Waals surface area contributed by atoms with E-state index in [2.05, 4.69) is 15.3 Å². The molecular formula is C18H13F2N3O3S. The number of carbonyl (C=O) groups excluding carboxylic acids is 2. The van der Waals surface area contributed by atoms with E-state index in [1.165, 1.54) is 0 Å². The lowest BCUT2D eigenvalue weighted by Crippen LogP contribution is -2.21. The minimum atomic E-state index is -0.923. The SMILES string of the molecule is Cc1nc(-c2ccccn2)sc1C(=O)OCC(=O)Nc1ccc(F)cc1F. The van der Waals surface area contributed by atoms with Crippen molar-refractivity contribution in [3.05, 3.63) is 64.8 Å². The van der Waals surface area contributed by atoms with Crippen LogP contribution in [0.5, 0.6) is 0 Å². The standard InChI is InChI=1S/C18H13F2N3O3S/c1-10-16(27-17(22-10)14-4-2-3-7-21-14)18(25)26-9-15(24)23-13-6-5-11(19)8-12(13)20/h2-8H,9H2,1H3,(H,23,24). The van der Waals surface area contributed by atoms with Crippen LogP contribution in [-0.4, -0.2) is 28.5 Å². The Labute approximate surface area is 156 Å². The molecule has 0 radical (unpaired) electrons. The number of aryl methyl sites for hydroxylation is 1. The molecule has 0 saturated carbocycles. The maximum Gasteiger partial charge on any atom is 0.350 e. The number of halogens is 2. The van der Waals surface area contributed by atoms with Crippen LogP contribution in [0.1, 0.15) is 15.4 Å². The molecule has 1 amide bonds. The van der Waals surface area contributed by atoms with Crippen molar-refractivity contribution in [2.45, 2.75) is 6.92 Å². The van der Waals surface area contributed by atoms with Crippen LogP contribution in [0.2, 0.25) is 0 Å². The fourth-order valence-electron chi connectivity index (χ4n) is 2.16. The molecule has 2 aromatic heterocycles. The summed E-state index contributed by atoms with van der Waals surface area (Å²) in [5.74, 6) is -3.16. The first kappa shape index (κ1) is 18.6. The Morgan fingerprint density at radius 3 is 2.74 bits per heavy atom. The summed E-state index contributed by atoms with van der Waals surface area (Å²) < 4.78 is 31.3. The molecular weight excluding hydrogens is 376 g/mol. The smallest absolute Gasteiger partial charge is 0.350 e. The van der Waals surface area contributed by atoms with E-state index < -0.39 is 30.1 Å². The lowest BCUT2D eigenvalue weighted by molar-refractivity contribution is -0.119. The van der Waals surface area contributed by atoms with Crippen molar-refractivity contribution in [3.63, 3.8) is 0 Å². The molecule has 0 atom stereocenters. The molecule has 0 aliphatic rings. The highest BCUT2D eigenvalue weighted by atomic mass is 32.1. The van der Waals surface area contributed by atoms with Gasteiger partial charge in [0.15, 0.2) is 6.61 Å². The van der Waals surface area contributed by atoms with Gasteiger partial charge in [-0.15, -0.1) is 11.3 Å². The molecule has 1 N–H and O–H groups in total. The molecule has 6 nitrogen and oxygen atoms in total. The van der Waals surface area contributed by atoms with Crippen LogP contribution >= 0.6 is 11.3 Å². The van der Waals surface area contributed by atoms with E-state index in [-0.39, 0.29) is 10.6 Å². The van der Waals surface area contributed by atoms with Gasteiger partial charge in [0.2, 0.25) is 0 Å². The number of amides is 1. The van der Waals surface area contributed by atoms with Gasteiger partial charge < -0.3 is 10.1 Å². The number of benzene rings is 1. The third-order valence-electron chi connectivity index (χ3n) is 3.41. The molecule has 0 saturated heterocycles. The zero-order chi connectivity index (χ0) is 19.4. The van der Waals surface area contributed by atoms with E-state index in [1.54, 1.807) is 31.3 Å².